The standard InChI is InChI=1S/C11H12F2N2O3S/c1-19-4-2-3-14-11(16)7-5-9(13)10(15(17)18)6-8(7)12/h5-6H,2-4H2,1H3,(H,14,16). The van der Waals surface area contributed by atoms with Crippen LogP contribution in [0.25, 0.3) is 0 Å². The van der Waals surface area contributed by atoms with Gasteiger partial charge in [-0.05, 0) is 24.5 Å². The van der Waals surface area contributed by atoms with E-state index in [2.05, 4.69) is 5.32 Å². The van der Waals surface area contributed by atoms with E-state index in [9.17, 15) is 23.7 Å². The lowest BCUT2D eigenvalue weighted by atomic mass is 10.1. The molecule has 0 aliphatic heterocycles. The van der Waals surface area contributed by atoms with Crippen molar-refractivity contribution >= 4 is 23.4 Å². The molecule has 0 saturated heterocycles. The van der Waals surface area contributed by atoms with Crippen molar-refractivity contribution in [3.05, 3.63) is 39.4 Å². The highest BCUT2D eigenvalue weighted by Gasteiger charge is 2.21. The number of hydrogen-bond donors (Lipinski definition) is 1. The van der Waals surface area contributed by atoms with Gasteiger partial charge in [-0.15, -0.1) is 0 Å². The molecule has 0 aliphatic rings. The van der Waals surface area contributed by atoms with Crippen LogP contribution in [0.3, 0.4) is 0 Å². The Labute approximate surface area is 112 Å². The Bertz CT molecular complexity index is 497. The van der Waals surface area contributed by atoms with Crippen LogP contribution in [0.1, 0.15) is 16.8 Å². The van der Waals surface area contributed by atoms with Crippen molar-refractivity contribution in [3.63, 3.8) is 0 Å². The summed E-state index contributed by atoms with van der Waals surface area (Å²) >= 11 is 1.60. The van der Waals surface area contributed by atoms with Gasteiger partial charge in [0.2, 0.25) is 5.82 Å². The van der Waals surface area contributed by atoms with Crippen LogP contribution in [0.15, 0.2) is 12.1 Å². The number of benzene rings is 1. The number of nitrogens with one attached hydrogen (secondary N) is 1. The molecule has 0 bridgehead atoms. The molecule has 1 rings (SSSR count). The summed E-state index contributed by atoms with van der Waals surface area (Å²) in [5.74, 6) is -2.30. The Balaban J connectivity index is 2.81. The molecule has 19 heavy (non-hydrogen) atoms. The number of carbonyl (C=O) groups excluding carboxylic acids is 1. The predicted molar refractivity (Wildman–Crippen MR) is 68.3 cm³/mol. The molecule has 104 valence electrons. The minimum Gasteiger partial charge on any atom is -0.352 e. The summed E-state index contributed by atoms with van der Waals surface area (Å²) in [5, 5.41) is 12.8. The number of thioether (sulfide) groups is 1. The van der Waals surface area contributed by atoms with Gasteiger partial charge in [0.05, 0.1) is 16.6 Å². The SMILES string of the molecule is CSCCCNC(=O)c1cc(F)c([N+](=O)[O-])cc1F. The van der Waals surface area contributed by atoms with E-state index in [1.54, 1.807) is 11.8 Å². The second-order valence-electron chi connectivity index (χ2n) is 3.64. The van der Waals surface area contributed by atoms with Gasteiger partial charge in [0.15, 0.2) is 0 Å². The number of hydrogen-bond acceptors (Lipinski definition) is 4. The Morgan fingerprint density at radius 2 is 2.11 bits per heavy atom. The largest absolute Gasteiger partial charge is 0.352 e. The first-order valence-corrected chi connectivity index (χ1v) is 6.77. The number of halogens is 2. The van der Waals surface area contributed by atoms with Crippen molar-refractivity contribution in [3.8, 4) is 0 Å². The fourth-order valence-electron chi connectivity index (χ4n) is 1.36. The number of nitro groups is 1. The van der Waals surface area contributed by atoms with Crippen LogP contribution in [0.5, 0.6) is 0 Å². The molecular weight excluding hydrogens is 278 g/mol. The highest BCUT2D eigenvalue weighted by Crippen LogP contribution is 2.21. The van der Waals surface area contributed by atoms with Crippen LogP contribution < -0.4 is 5.32 Å². The van der Waals surface area contributed by atoms with Gasteiger partial charge in [-0.3, -0.25) is 14.9 Å². The molecule has 1 aromatic carbocycles. The van der Waals surface area contributed by atoms with E-state index in [0.717, 1.165) is 5.75 Å². The second-order valence-corrected chi connectivity index (χ2v) is 4.63. The molecule has 0 saturated carbocycles. The van der Waals surface area contributed by atoms with Crippen molar-refractivity contribution in [1.82, 2.24) is 5.32 Å². The number of rotatable bonds is 6. The van der Waals surface area contributed by atoms with Gasteiger partial charge < -0.3 is 5.32 Å². The summed E-state index contributed by atoms with van der Waals surface area (Å²) in [4.78, 5) is 20.9. The minimum absolute atomic E-state index is 0.331. The third-order valence-electron chi connectivity index (χ3n) is 2.29. The lowest BCUT2D eigenvalue weighted by molar-refractivity contribution is -0.387. The molecule has 0 radical (unpaired) electrons. The first kappa shape index (κ1) is 15.4. The summed E-state index contributed by atoms with van der Waals surface area (Å²) in [6.45, 7) is 0.331. The van der Waals surface area contributed by atoms with Gasteiger partial charge >= 0.3 is 5.69 Å². The molecule has 0 spiro atoms. The maximum Gasteiger partial charge on any atom is 0.307 e. The van der Waals surface area contributed by atoms with Gasteiger partial charge in [-0.1, -0.05) is 0 Å². The maximum absolute atomic E-state index is 13.5. The third kappa shape index (κ3) is 4.16. The van der Waals surface area contributed by atoms with Crippen LogP contribution >= 0.6 is 11.8 Å². The Morgan fingerprint density at radius 3 is 2.68 bits per heavy atom. The molecule has 1 N–H and O–H groups in total. The molecule has 8 heteroatoms. The average Bonchev–Trinajstić information content (AvgIpc) is 2.36. The van der Waals surface area contributed by atoms with Crippen LogP contribution in [0.4, 0.5) is 14.5 Å². The topological polar surface area (TPSA) is 72.2 Å². The van der Waals surface area contributed by atoms with E-state index in [1.807, 2.05) is 6.26 Å². The zero-order valence-corrected chi connectivity index (χ0v) is 10.9. The van der Waals surface area contributed by atoms with Crippen LogP contribution in [0, 0.1) is 21.7 Å². The normalized spacial score (nSPS) is 10.3. The van der Waals surface area contributed by atoms with Gasteiger partial charge in [-0.2, -0.15) is 16.2 Å². The minimum atomic E-state index is -1.24. The van der Waals surface area contributed by atoms with Gasteiger partial charge in [0.1, 0.15) is 5.82 Å². The third-order valence-corrected chi connectivity index (χ3v) is 2.99. The molecule has 0 fully saturated rings. The summed E-state index contributed by atoms with van der Waals surface area (Å²) in [5.41, 5.74) is -1.52. The van der Waals surface area contributed by atoms with Crippen LogP contribution in [0.2, 0.25) is 0 Å². The molecular formula is C11H12F2N2O3S. The monoisotopic (exact) mass is 290 g/mol. The van der Waals surface area contributed by atoms with E-state index in [0.29, 0.717) is 25.1 Å². The highest BCUT2D eigenvalue weighted by molar-refractivity contribution is 7.98. The zero-order chi connectivity index (χ0) is 14.4. The molecule has 0 aromatic heterocycles. The lowest BCUT2D eigenvalue weighted by Gasteiger charge is -2.06. The Hall–Kier alpha value is -1.70. The maximum atomic E-state index is 13.5. The van der Waals surface area contributed by atoms with E-state index in [1.165, 1.54) is 0 Å². The quantitative estimate of drug-likeness (QED) is 0.496. The first-order chi connectivity index (χ1) is 8.97. The summed E-state index contributed by atoms with van der Waals surface area (Å²) in [6.07, 6.45) is 2.61. The number of carbonyl (C=O) groups is 1. The van der Waals surface area contributed by atoms with Gasteiger partial charge in [0.25, 0.3) is 5.91 Å². The van der Waals surface area contributed by atoms with Crippen molar-refractivity contribution in [2.24, 2.45) is 0 Å². The molecule has 1 amide bonds. The molecule has 0 unspecified atom stereocenters. The summed E-state index contributed by atoms with van der Waals surface area (Å²) in [6, 6.07) is 0.948. The van der Waals surface area contributed by atoms with Crippen LogP contribution in [-0.2, 0) is 0 Å². The Morgan fingerprint density at radius 1 is 1.42 bits per heavy atom. The van der Waals surface area contributed by atoms with Crippen molar-refractivity contribution in [2.45, 2.75) is 6.42 Å². The van der Waals surface area contributed by atoms with Crippen molar-refractivity contribution in [1.29, 1.82) is 0 Å². The van der Waals surface area contributed by atoms with E-state index < -0.39 is 33.7 Å². The number of amides is 1. The molecule has 5 nitrogen and oxygen atoms in total. The molecule has 0 atom stereocenters. The van der Waals surface area contributed by atoms with E-state index in [-0.39, 0.29) is 0 Å². The van der Waals surface area contributed by atoms with Gasteiger partial charge in [0, 0.05) is 6.54 Å². The lowest BCUT2D eigenvalue weighted by Crippen LogP contribution is -2.26. The van der Waals surface area contributed by atoms with Gasteiger partial charge in [-0.25, -0.2) is 4.39 Å². The van der Waals surface area contributed by atoms with Crippen molar-refractivity contribution < 1.29 is 18.5 Å². The fourth-order valence-corrected chi connectivity index (χ4v) is 1.80. The zero-order valence-electron chi connectivity index (χ0n) is 10.1. The first-order valence-electron chi connectivity index (χ1n) is 5.38. The smallest absolute Gasteiger partial charge is 0.307 e. The predicted octanol–water partition coefficient (Wildman–Crippen LogP) is 2.36. The molecule has 1 aromatic rings. The number of nitro benzene ring substituents is 1. The van der Waals surface area contributed by atoms with Crippen molar-refractivity contribution in [2.75, 3.05) is 18.6 Å². The molecule has 0 heterocycles. The second kappa shape index (κ2) is 7.03. The number of nitrogens with zero attached hydrogens (tertiary/aromatic N) is 1. The fraction of sp³-hybridized carbons (Fsp3) is 0.364. The van der Waals surface area contributed by atoms with E-state index in [4.69, 9.17) is 0 Å². The molecule has 0 aliphatic carbocycles. The average molecular weight is 290 g/mol. The highest BCUT2D eigenvalue weighted by atomic mass is 32.2. The summed E-state index contributed by atoms with van der Waals surface area (Å²) in [7, 11) is 0. The Kier molecular flexibility index (Phi) is 5.68. The van der Waals surface area contributed by atoms with E-state index >= 15 is 0 Å². The van der Waals surface area contributed by atoms with Crippen LogP contribution in [-0.4, -0.2) is 29.4 Å². The summed E-state index contributed by atoms with van der Waals surface area (Å²) < 4.78 is 26.8.